The average Bonchev–Trinajstić information content (AvgIpc) is 3.12. The standard InChI is InChI=1S/C25H25NO3/c1-24(2,3)29-23(27)25(16-18-10-5-4-6-11-18)17-28-22(26-25)21-15-9-13-19-12-7-8-14-20(19)21/h4-15H,16-17H2,1-3H3/t25-/m0/s1. The first kappa shape index (κ1) is 19.2. The summed E-state index contributed by atoms with van der Waals surface area (Å²) in [6, 6.07) is 24.0. The Labute approximate surface area is 171 Å². The molecule has 148 valence electrons. The van der Waals surface area contributed by atoms with Crippen LogP contribution in [0.5, 0.6) is 0 Å². The second kappa shape index (κ2) is 7.36. The summed E-state index contributed by atoms with van der Waals surface area (Å²) in [5.74, 6) is 0.132. The van der Waals surface area contributed by atoms with E-state index in [4.69, 9.17) is 14.5 Å². The van der Waals surface area contributed by atoms with Crippen LogP contribution in [-0.2, 0) is 20.7 Å². The predicted molar refractivity (Wildman–Crippen MR) is 115 cm³/mol. The summed E-state index contributed by atoms with van der Waals surface area (Å²) in [6.45, 7) is 5.76. The highest BCUT2D eigenvalue weighted by Crippen LogP contribution is 2.31. The molecule has 1 heterocycles. The molecule has 29 heavy (non-hydrogen) atoms. The molecular formula is C25H25NO3. The van der Waals surface area contributed by atoms with Crippen molar-refractivity contribution >= 4 is 22.6 Å². The Balaban J connectivity index is 1.77. The molecule has 0 bridgehead atoms. The normalized spacial score (nSPS) is 18.9. The Bertz CT molecular complexity index is 1060. The molecule has 0 saturated carbocycles. The number of fused-ring (bicyclic) bond motifs is 1. The number of benzene rings is 3. The topological polar surface area (TPSA) is 47.9 Å². The molecule has 1 aliphatic heterocycles. The van der Waals surface area contributed by atoms with E-state index in [9.17, 15) is 4.79 Å². The lowest BCUT2D eigenvalue weighted by molar-refractivity contribution is -0.162. The average molecular weight is 387 g/mol. The number of hydrogen-bond donors (Lipinski definition) is 0. The highest BCUT2D eigenvalue weighted by Gasteiger charge is 2.47. The Morgan fingerprint density at radius 2 is 1.69 bits per heavy atom. The zero-order valence-electron chi connectivity index (χ0n) is 17.0. The number of rotatable bonds is 4. The van der Waals surface area contributed by atoms with Crippen LogP contribution in [-0.4, -0.2) is 29.6 Å². The van der Waals surface area contributed by atoms with Crippen molar-refractivity contribution in [2.45, 2.75) is 38.3 Å². The van der Waals surface area contributed by atoms with Gasteiger partial charge in [0.15, 0.2) is 5.54 Å². The van der Waals surface area contributed by atoms with Gasteiger partial charge in [-0.15, -0.1) is 0 Å². The Kier molecular flexibility index (Phi) is 4.87. The van der Waals surface area contributed by atoms with Gasteiger partial charge in [-0.05, 0) is 43.2 Å². The van der Waals surface area contributed by atoms with Gasteiger partial charge in [0.25, 0.3) is 0 Å². The molecule has 0 amide bonds. The van der Waals surface area contributed by atoms with Gasteiger partial charge in [0.05, 0.1) is 0 Å². The summed E-state index contributed by atoms with van der Waals surface area (Å²) >= 11 is 0. The van der Waals surface area contributed by atoms with Gasteiger partial charge in [-0.1, -0.05) is 66.7 Å². The van der Waals surface area contributed by atoms with Crippen LogP contribution in [0.4, 0.5) is 0 Å². The fourth-order valence-corrected chi connectivity index (χ4v) is 3.57. The van der Waals surface area contributed by atoms with Gasteiger partial charge < -0.3 is 9.47 Å². The van der Waals surface area contributed by atoms with Gasteiger partial charge in [-0.3, -0.25) is 0 Å². The van der Waals surface area contributed by atoms with E-state index in [2.05, 4.69) is 12.1 Å². The summed E-state index contributed by atoms with van der Waals surface area (Å²) in [5.41, 5.74) is 0.214. The predicted octanol–water partition coefficient (Wildman–Crippen LogP) is 4.94. The second-order valence-electron chi connectivity index (χ2n) is 8.43. The maximum atomic E-state index is 13.2. The lowest BCUT2D eigenvalue weighted by Crippen LogP contribution is -2.45. The maximum Gasteiger partial charge on any atom is 0.338 e. The Hall–Kier alpha value is -3.14. The molecule has 0 fully saturated rings. The molecule has 0 aliphatic carbocycles. The minimum absolute atomic E-state index is 0.162. The van der Waals surface area contributed by atoms with E-state index in [-0.39, 0.29) is 12.6 Å². The van der Waals surface area contributed by atoms with Gasteiger partial charge >= 0.3 is 5.97 Å². The SMILES string of the molecule is CC(C)(C)OC(=O)[C@]1(Cc2ccccc2)COC(c2cccc3ccccc23)=N1. The number of hydrogen-bond acceptors (Lipinski definition) is 4. The maximum absolute atomic E-state index is 13.2. The fraction of sp³-hybridized carbons (Fsp3) is 0.280. The van der Waals surface area contributed by atoms with E-state index in [1.165, 1.54) is 0 Å². The van der Waals surface area contributed by atoms with Crippen LogP contribution in [0.2, 0.25) is 0 Å². The molecule has 0 aromatic heterocycles. The number of carbonyl (C=O) groups excluding carboxylic acids is 1. The van der Waals surface area contributed by atoms with Crippen molar-refractivity contribution in [3.63, 3.8) is 0 Å². The summed E-state index contributed by atoms with van der Waals surface area (Å²) in [4.78, 5) is 18.1. The number of carbonyl (C=O) groups is 1. The van der Waals surface area contributed by atoms with Crippen molar-refractivity contribution in [1.82, 2.24) is 0 Å². The van der Waals surface area contributed by atoms with Crippen LogP contribution in [0.3, 0.4) is 0 Å². The first-order chi connectivity index (χ1) is 13.9. The first-order valence-corrected chi connectivity index (χ1v) is 9.85. The monoisotopic (exact) mass is 387 g/mol. The highest BCUT2D eigenvalue weighted by atomic mass is 16.6. The van der Waals surface area contributed by atoms with Gasteiger partial charge in [0.1, 0.15) is 12.2 Å². The van der Waals surface area contributed by atoms with Gasteiger partial charge in [-0.2, -0.15) is 0 Å². The molecule has 1 aliphatic rings. The molecule has 3 aromatic rings. The first-order valence-electron chi connectivity index (χ1n) is 9.85. The van der Waals surface area contributed by atoms with Gasteiger partial charge in [0, 0.05) is 12.0 Å². The molecule has 3 aromatic carbocycles. The van der Waals surface area contributed by atoms with E-state index in [0.29, 0.717) is 12.3 Å². The quantitative estimate of drug-likeness (QED) is 0.596. The van der Waals surface area contributed by atoms with Crippen LogP contribution < -0.4 is 0 Å². The molecule has 0 saturated heterocycles. The molecule has 4 heteroatoms. The number of ether oxygens (including phenoxy) is 2. The molecular weight excluding hydrogens is 362 g/mol. The summed E-state index contributed by atoms with van der Waals surface area (Å²) in [5, 5.41) is 2.16. The van der Waals surface area contributed by atoms with E-state index in [1.807, 2.05) is 81.4 Å². The van der Waals surface area contributed by atoms with Crippen molar-refractivity contribution in [2.75, 3.05) is 6.61 Å². The molecule has 0 unspecified atom stereocenters. The van der Waals surface area contributed by atoms with Crippen LogP contribution in [0.25, 0.3) is 10.8 Å². The zero-order valence-corrected chi connectivity index (χ0v) is 17.0. The lowest BCUT2D eigenvalue weighted by atomic mass is 9.92. The smallest absolute Gasteiger partial charge is 0.338 e. The van der Waals surface area contributed by atoms with E-state index in [1.54, 1.807) is 0 Å². The number of esters is 1. The van der Waals surface area contributed by atoms with Crippen LogP contribution >= 0.6 is 0 Å². The van der Waals surface area contributed by atoms with Gasteiger partial charge in [0.2, 0.25) is 5.90 Å². The molecule has 0 N–H and O–H groups in total. The number of aliphatic imine (C=N–C) groups is 1. The fourth-order valence-electron chi connectivity index (χ4n) is 3.57. The van der Waals surface area contributed by atoms with Gasteiger partial charge in [-0.25, -0.2) is 9.79 Å². The minimum Gasteiger partial charge on any atom is -0.474 e. The van der Waals surface area contributed by atoms with Crippen LogP contribution in [0.15, 0.2) is 77.8 Å². The minimum atomic E-state index is -1.10. The molecule has 0 radical (unpaired) electrons. The third kappa shape index (κ3) is 4.02. The lowest BCUT2D eigenvalue weighted by Gasteiger charge is -2.28. The van der Waals surface area contributed by atoms with Crippen molar-refractivity contribution in [2.24, 2.45) is 4.99 Å². The Morgan fingerprint density at radius 3 is 2.45 bits per heavy atom. The third-order valence-corrected chi connectivity index (χ3v) is 4.90. The Morgan fingerprint density at radius 1 is 1.00 bits per heavy atom. The third-order valence-electron chi connectivity index (χ3n) is 4.90. The van der Waals surface area contributed by atoms with E-state index in [0.717, 1.165) is 21.9 Å². The summed E-state index contributed by atoms with van der Waals surface area (Å²) < 4.78 is 11.8. The van der Waals surface area contributed by atoms with E-state index < -0.39 is 11.1 Å². The molecule has 4 nitrogen and oxygen atoms in total. The second-order valence-corrected chi connectivity index (χ2v) is 8.43. The molecule has 4 rings (SSSR count). The van der Waals surface area contributed by atoms with E-state index >= 15 is 0 Å². The van der Waals surface area contributed by atoms with Crippen molar-refractivity contribution in [3.05, 3.63) is 83.9 Å². The summed E-state index contributed by atoms with van der Waals surface area (Å²) in [7, 11) is 0. The van der Waals surface area contributed by atoms with Crippen molar-refractivity contribution in [1.29, 1.82) is 0 Å². The highest BCUT2D eigenvalue weighted by molar-refractivity contribution is 6.09. The largest absolute Gasteiger partial charge is 0.474 e. The summed E-state index contributed by atoms with van der Waals surface area (Å²) in [6.07, 6.45) is 0.428. The molecule has 0 spiro atoms. The number of nitrogens with zero attached hydrogens (tertiary/aromatic N) is 1. The van der Waals surface area contributed by atoms with Crippen LogP contribution in [0, 0.1) is 0 Å². The van der Waals surface area contributed by atoms with Crippen LogP contribution in [0.1, 0.15) is 31.9 Å². The van der Waals surface area contributed by atoms with Crippen molar-refractivity contribution in [3.8, 4) is 0 Å². The molecule has 1 atom stereocenters. The zero-order chi connectivity index (χ0) is 20.5. The van der Waals surface area contributed by atoms with Crippen molar-refractivity contribution < 1.29 is 14.3 Å².